The second-order valence-electron chi connectivity index (χ2n) is 6.13. The maximum absolute atomic E-state index is 13.5. The molecule has 0 fully saturated rings. The zero-order valence-corrected chi connectivity index (χ0v) is 15.1. The highest BCUT2D eigenvalue weighted by Crippen LogP contribution is 2.37. The molecule has 152 valence electrons. The molecular weight excluding hydrogens is 391 g/mol. The second-order valence-corrected chi connectivity index (χ2v) is 6.13. The van der Waals surface area contributed by atoms with Crippen LogP contribution in [0.25, 0.3) is 16.9 Å². The number of aromatic nitrogens is 2. The van der Waals surface area contributed by atoms with Crippen molar-refractivity contribution in [1.29, 1.82) is 0 Å². The molecule has 0 aliphatic heterocycles. The van der Waals surface area contributed by atoms with Crippen LogP contribution in [0.4, 0.5) is 18.9 Å². The zero-order chi connectivity index (χ0) is 21.2. The minimum atomic E-state index is -4.79. The van der Waals surface area contributed by atoms with E-state index >= 15 is 0 Å². The van der Waals surface area contributed by atoms with E-state index < -0.39 is 34.6 Å². The molecule has 3 aromatic rings. The van der Waals surface area contributed by atoms with Gasteiger partial charge in [0.1, 0.15) is 0 Å². The first-order valence-electron chi connectivity index (χ1n) is 8.26. The van der Waals surface area contributed by atoms with Crippen molar-refractivity contribution in [3.63, 3.8) is 0 Å². The average molecular weight is 407 g/mol. The number of carboxylic acid groups (broad SMARTS) is 1. The third-order valence-corrected chi connectivity index (χ3v) is 4.21. The van der Waals surface area contributed by atoms with Gasteiger partial charge in [-0.3, -0.25) is 10.7 Å². The van der Waals surface area contributed by atoms with Gasteiger partial charge in [-0.2, -0.15) is 13.2 Å². The number of methoxy groups -OCH3 is 1. The van der Waals surface area contributed by atoms with Gasteiger partial charge in [0.2, 0.25) is 0 Å². The Hall–Kier alpha value is -3.37. The highest BCUT2D eigenvalue weighted by Gasteiger charge is 2.36. The van der Waals surface area contributed by atoms with Crippen LogP contribution in [0.1, 0.15) is 21.5 Å². The average Bonchev–Trinajstić information content (AvgIpc) is 3.17. The summed E-state index contributed by atoms with van der Waals surface area (Å²) in [4.78, 5) is 15.5. The molecule has 3 N–H and O–H groups in total. The maximum Gasteiger partial charge on any atom is 0.418 e. The summed E-state index contributed by atoms with van der Waals surface area (Å²) in [5.74, 6) is -1.49. The van der Waals surface area contributed by atoms with Gasteiger partial charge in [-0.15, -0.1) is 0 Å². The molecule has 0 aliphatic carbocycles. The Labute approximate surface area is 163 Å². The Kier molecular flexibility index (Phi) is 5.57. The fourth-order valence-electron chi connectivity index (χ4n) is 2.84. The molecule has 0 spiro atoms. The molecule has 1 heterocycles. The van der Waals surface area contributed by atoms with Gasteiger partial charge < -0.3 is 14.4 Å². The first-order chi connectivity index (χ1) is 13.7. The molecule has 0 unspecified atom stereocenters. The van der Waals surface area contributed by atoms with Gasteiger partial charge in [-0.05, 0) is 17.7 Å². The Bertz CT molecular complexity index is 1030. The number of ether oxygens (including phenoxy) is 1. The van der Waals surface area contributed by atoms with Gasteiger partial charge in [0.05, 0.1) is 41.1 Å². The summed E-state index contributed by atoms with van der Waals surface area (Å²) in [5, 5.41) is 18.3. The SMILES string of the molecule is COCc1ccc(-c2cn(-c3cc(C(=O)O)c(NO)cc3C(F)(F)F)cn2)cc1. The molecule has 0 amide bonds. The van der Waals surface area contributed by atoms with E-state index in [0.717, 1.165) is 16.2 Å². The van der Waals surface area contributed by atoms with E-state index in [9.17, 15) is 23.1 Å². The monoisotopic (exact) mass is 407 g/mol. The number of nitrogens with one attached hydrogen (secondary N) is 1. The highest BCUT2D eigenvalue weighted by molar-refractivity contribution is 5.95. The number of alkyl halides is 3. The molecule has 29 heavy (non-hydrogen) atoms. The van der Waals surface area contributed by atoms with Crippen molar-refractivity contribution >= 4 is 11.7 Å². The lowest BCUT2D eigenvalue weighted by Gasteiger charge is -2.16. The third-order valence-electron chi connectivity index (χ3n) is 4.21. The Morgan fingerprint density at radius 2 is 1.93 bits per heavy atom. The maximum atomic E-state index is 13.5. The molecule has 2 aromatic carbocycles. The quantitative estimate of drug-likeness (QED) is 0.530. The normalized spacial score (nSPS) is 11.5. The van der Waals surface area contributed by atoms with Crippen LogP contribution in [0.5, 0.6) is 0 Å². The third kappa shape index (κ3) is 4.23. The van der Waals surface area contributed by atoms with E-state index in [1.54, 1.807) is 19.2 Å². The van der Waals surface area contributed by atoms with Crippen molar-refractivity contribution in [3.8, 4) is 16.9 Å². The predicted molar refractivity (Wildman–Crippen MR) is 97.1 cm³/mol. The molecule has 0 atom stereocenters. The van der Waals surface area contributed by atoms with Crippen LogP contribution in [0.2, 0.25) is 0 Å². The molecule has 0 radical (unpaired) electrons. The first kappa shape index (κ1) is 20.4. The molecule has 3 rings (SSSR count). The van der Waals surface area contributed by atoms with Gasteiger partial charge in [0.25, 0.3) is 0 Å². The lowest BCUT2D eigenvalue weighted by atomic mass is 10.1. The molecular formula is C19H16F3N3O4. The second kappa shape index (κ2) is 7.94. The van der Waals surface area contributed by atoms with Crippen LogP contribution in [0.15, 0.2) is 48.9 Å². The number of imidazole rings is 1. The number of anilines is 1. The summed E-state index contributed by atoms with van der Waals surface area (Å²) in [7, 11) is 1.57. The Morgan fingerprint density at radius 1 is 1.24 bits per heavy atom. The molecule has 0 saturated heterocycles. The van der Waals surface area contributed by atoms with E-state index in [2.05, 4.69) is 4.98 Å². The molecule has 0 saturated carbocycles. The summed E-state index contributed by atoms with van der Waals surface area (Å²) in [5.41, 5.74) is 0.860. The van der Waals surface area contributed by atoms with Crippen molar-refractivity contribution in [2.24, 2.45) is 0 Å². The van der Waals surface area contributed by atoms with Crippen LogP contribution in [0, 0.1) is 0 Å². The first-order valence-corrected chi connectivity index (χ1v) is 8.26. The Balaban J connectivity index is 2.08. The summed E-state index contributed by atoms with van der Waals surface area (Å²) >= 11 is 0. The standard InChI is InChI=1S/C19H16F3N3O4/c1-29-9-11-2-4-12(5-3-11)16-8-25(10-23-16)17-6-13(18(26)27)15(24-28)7-14(17)19(20,21)22/h2-8,10,24,28H,9H2,1H3,(H,26,27). The number of hydrogen-bond acceptors (Lipinski definition) is 5. The lowest BCUT2D eigenvalue weighted by molar-refractivity contribution is -0.137. The lowest BCUT2D eigenvalue weighted by Crippen LogP contribution is -2.14. The van der Waals surface area contributed by atoms with Crippen LogP contribution in [-0.2, 0) is 17.5 Å². The molecule has 7 nitrogen and oxygen atoms in total. The number of hydrogen-bond donors (Lipinski definition) is 3. The van der Waals surface area contributed by atoms with Gasteiger partial charge >= 0.3 is 12.1 Å². The summed E-state index contributed by atoms with van der Waals surface area (Å²) in [6, 6.07) is 8.50. The number of benzene rings is 2. The predicted octanol–water partition coefficient (Wildman–Crippen LogP) is 4.20. The van der Waals surface area contributed by atoms with Crippen molar-refractivity contribution in [3.05, 3.63) is 65.6 Å². The van der Waals surface area contributed by atoms with Crippen LogP contribution in [-0.4, -0.2) is 32.9 Å². The minimum absolute atomic E-state index is 0.406. The van der Waals surface area contributed by atoms with Crippen LogP contribution in [0.3, 0.4) is 0 Å². The van der Waals surface area contributed by atoms with E-state index in [-0.39, 0.29) is 0 Å². The molecule has 0 aliphatic rings. The van der Waals surface area contributed by atoms with Crippen molar-refractivity contribution in [2.75, 3.05) is 12.6 Å². The van der Waals surface area contributed by atoms with Crippen molar-refractivity contribution in [2.45, 2.75) is 12.8 Å². The van der Waals surface area contributed by atoms with Gasteiger partial charge in [0.15, 0.2) is 0 Å². The Morgan fingerprint density at radius 3 is 2.48 bits per heavy atom. The fourth-order valence-corrected chi connectivity index (χ4v) is 2.84. The number of rotatable bonds is 6. The fraction of sp³-hybridized carbons (Fsp3) is 0.158. The van der Waals surface area contributed by atoms with Gasteiger partial charge in [0, 0.05) is 18.9 Å². The van der Waals surface area contributed by atoms with Crippen molar-refractivity contribution < 1.29 is 33.0 Å². The van der Waals surface area contributed by atoms with E-state index in [4.69, 9.17) is 9.94 Å². The number of nitrogens with zero attached hydrogens (tertiary/aromatic N) is 2. The number of carbonyl (C=O) groups is 1. The molecule has 1 aromatic heterocycles. The summed E-state index contributed by atoms with van der Waals surface area (Å²) in [6.45, 7) is 0.423. The van der Waals surface area contributed by atoms with E-state index in [1.165, 1.54) is 18.0 Å². The van der Waals surface area contributed by atoms with Crippen LogP contribution < -0.4 is 5.48 Å². The number of halogens is 3. The topological polar surface area (TPSA) is 96.6 Å². The molecule has 10 heteroatoms. The molecule has 0 bridgehead atoms. The summed E-state index contributed by atoms with van der Waals surface area (Å²) in [6.07, 6.45) is -2.25. The van der Waals surface area contributed by atoms with E-state index in [1.807, 2.05) is 12.1 Å². The van der Waals surface area contributed by atoms with Crippen LogP contribution >= 0.6 is 0 Å². The van der Waals surface area contributed by atoms with Gasteiger partial charge in [-0.25, -0.2) is 9.78 Å². The smallest absolute Gasteiger partial charge is 0.418 e. The van der Waals surface area contributed by atoms with Crippen molar-refractivity contribution in [1.82, 2.24) is 9.55 Å². The minimum Gasteiger partial charge on any atom is -0.478 e. The van der Waals surface area contributed by atoms with Gasteiger partial charge in [-0.1, -0.05) is 24.3 Å². The number of aromatic carboxylic acids is 1. The largest absolute Gasteiger partial charge is 0.478 e. The van der Waals surface area contributed by atoms with E-state index in [0.29, 0.717) is 23.9 Å². The number of carboxylic acids is 1. The summed E-state index contributed by atoms with van der Waals surface area (Å²) < 4.78 is 46.7. The zero-order valence-electron chi connectivity index (χ0n) is 15.1. The highest BCUT2D eigenvalue weighted by atomic mass is 19.4.